The maximum absolute atomic E-state index is 11.8. The van der Waals surface area contributed by atoms with Gasteiger partial charge < -0.3 is 10.6 Å². The van der Waals surface area contributed by atoms with Crippen LogP contribution in [0.5, 0.6) is 0 Å². The molecule has 1 aromatic rings. The number of fused-ring (bicyclic) bond motifs is 1. The Morgan fingerprint density at radius 2 is 2.11 bits per heavy atom. The van der Waals surface area contributed by atoms with E-state index in [9.17, 15) is 8.42 Å². The Hall–Kier alpha value is -1.23. The highest BCUT2D eigenvalue weighted by atomic mass is 32.2. The largest absolute Gasteiger partial charge is 0.398 e. The molecule has 0 unspecified atom stereocenters. The fraction of sp³-hybridized carbons (Fsp3) is 0.571. The van der Waals surface area contributed by atoms with Gasteiger partial charge in [-0.15, -0.1) is 0 Å². The zero-order valence-corrected chi connectivity index (χ0v) is 12.2. The predicted molar refractivity (Wildman–Crippen MR) is 80.3 cm³/mol. The molecular weight excluding hydrogens is 260 g/mol. The Bertz CT molecular complexity index is 540. The van der Waals surface area contributed by atoms with Gasteiger partial charge in [0.2, 0.25) is 0 Å². The number of nitrogens with two attached hydrogens (primary N) is 1. The summed E-state index contributed by atoms with van der Waals surface area (Å²) in [5.41, 5.74) is 9.08. The number of sulfone groups is 1. The van der Waals surface area contributed by atoms with Gasteiger partial charge in [-0.05, 0) is 37.0 Å². The topological polar surface area (TPSA) is 63.4 Å². The highest BCUT2D eigenvalue weighted by Crippen LogP contribution is 2.30. The van der Waals surface area contributed by atoms with Gasteiger partial charge in [-0.1, -0.05) is 13.0 Å². The smallest absolute Gasteiger partial charge is 0.152 e. The summed E-state index contributed by atoms with van der Waals surface area (Å²) in [5, 5.41) is 0. The summed E-state index contributed by atoms with van der Waals surface area (Å²) >= 11 is 0. The molecule has 1 aliphatic heterocycles. The molecule has 0 aromatic heterocycles. The SMILES string of the molecule is CCCS(=O)(=O)CCN1CCCc2c(N)cccc21. The molecule has 0 aliphatic carbocycles. The summed E-state index contributed by atoms with van der Waals surface area (Å²) in [4.78, 5) is 2.16. The second kappa shape index (κ2) is 5.82. The molecule has 2 N–H and O–H groups in total. The molecule has 0 bridgehead atoms. The van der Waals surface area contributed by atoms with E-state index in [2.05, 4.69) is 4.90 Å². The monoisotopic (exact) mass is 282 g/mol. The quantitative estimate of drug-likeness (QED) is 0.837. The van der Waals surface area contributed by atoms with Crippen molar-refractivity contribution in [2.75, 3.05) is 35.2 Å². The molecule has 0 atom stereocenters. The van der Waals surface area contributed by atoms with Crippen LogP contribution in [0.25, 0.3) is 0 Å². The van der Waals surface area contributed by atoms with Crippen molar-refractivity contribution < 1.29 is 8.42 Å². The molecule has 0 saturated heterocycles. The molecule has 5 heteroatoms. The maximum atomic E-state index is 11.8. The number of anilines is 2. The highest BCUT2D eigenvalue weighted by Gasteiger charge is 2.20. The Kier molecular flexibility index (Phi) is 4.34. The Morgan fingerprint density at radius 3 is 2.84 bits per heavy atom. The molecule has 4 nitrogen and oxygen atoms in total. The third kappa shape index (κ3) is 3.41. The molecule has 2 rings (SSSR count). The van der Waals surface area contributed by atoms with Crippen molar-refractivity contribution >= 4 is 21.2 Å². The first-order valence-electron chi connectivity index (χ1n) is 6.86. The third-order valence-electron chi connectivity index (χ3n) is 3.57. The molecular formula is C14H22N2O2S. The van der Waals surface area contributed by atoms with Crippen LogP contribution in [0, 0.1) is 0 Å². The fourth-order valence-corrected chi connectivity index (χ4v) is 3.95. The summed E-state index contributed by atoms with van der Waals surface area (Å²) in [7, 11) is -2.92. The van der Waals surface area contributed by atoms with Gasteiger partial charge in [-0.25, -0.2) is 8.42 Å². The molecule has 0 fully saturated rings. The zero-order valence-electron chi connectivity index (χ0n) is 11.4. The molecule has 1 aromatic carbocycles. The fourth-order valence-electron chi connectivity index (χ4n) is 2.62. The Labute approximate surface area is 115 Å². The van der Waals surface area contributed by atoms with Crippen LogP contribution in [-0.2, 0) is 16.3 Å². The van der Waals surface area contributed by atoms with Gasteiger partial charge in [0.05, 0.1) is 5.75 Å². The summed E-state index contributed by atoms with van der Waals surface area (Å²) in [6, 6.07) is 5.89. The molecule has 1 heterocycles. The minimum Gasteiger partial charge on any atom is -0.398 e. The first-order valence-corrected chi connectivity index (χ1v) is 8.68. The van der Waals surface area contributed by atoms with Crippen LogP contribution >= 0.6 is 0 Å². The van der Waals surface area contributed by atoms with Gasteiger partial charge in [-0.3, -0.25) is 0 Å². The Morgan fingerprint density at radius 1 is 1.32 bits per heavy atom. The van der Waals surface area contributed by atoms with Crippen LogP contribution in [0.15, 0.2) is 18.2 Å². The highest BCUT2D eigenvalue weighted by molar-refractivity contribution is 7.91. The van der Waals surface area contributed by atoms with E-state index in [1.54, 1.807) is 0 Å². The lowest BCUT2D eigenvalue weighted by molar-refractivity contribution is 0.591. The lowest BCUT2D eigenvalue weighted by atomic mass is 10.00. The van der Waals surface area contributed by atoms with Crippen LogP contribution in [-0.4, -0.2) is 33.0 Å². The number of nitrogen functional groups attached to an aromatic ring is 1. The zero-order chi connectivity index (χ0) is 13.9. The van der Waals surface area contributed by atoms with Gasteiger partial charge in [0.15, 0.2) is 9.84 Å². The third-order valence-corrected chi connectivity index (χ3v) is 5.41. The van der Waals surface area contributed by atoms with Gasteiger partial charge in [-0.2, -0.15) is 0 Å². The van der Waals surface area contributed by atoms with Crippen molar-refractivity contribution in [2.45, 2.75) is 26.2 Å². The molecule has 19 heavy (non-hydrogen) atoms. The van der Waals surface area contributed by atoms with E-state index in [4.69, 9.17) is 5.73 Å². The molecule has 1 aliphatic rings. The van der Waals surface area contributed by atoms with E-state index in [0.717, 1.165) is 30.8 Å². The van der Waals surface area contributed by atoms with E-state index in [-0.39, 0.29) is 11.5 Å². The number of benzene rings is 1. The molecule has 106 valence electrons. The predicted octanol–water partition coefficient (Wildman–Crippen LogP) is 1.85. The van der Waals surface area contributed by atoms with E-state index in [0.29, 0.717) is 13.0 Å². The van der Waals surface area contributed by atoms with Crippen molar-refractivity contribution in [2.24, 2.45) is 0 Å². The van der Waals surface area contributed by atoms with Gasteiger partial charge in [0.25, 0.3) is 0 Å². The number of nitrogens with zero attached hydrogens (tertiary/aromatic N) is 1. The second-order valence-corrected chi connectivity index (χ2v) is 7.39. The van der Waals surface area contributed by atoms with Crippen molar-refractivity contribution in [1.29, 1.82) is 0 Å². The van der Waals surface area contributed by atoms with Crippen LogP contribution in [0.3, 0.4) is 0 Å². The van der Waals surface area contributed by atoms with Gasteiger partial charge >= 0.3 is 0 Å². The van der Waals surface area contributed by atoms with Crippen molar-refractivity contribution in [3.8, 4) is 0 Å². The molecule has 0 amide bonds. The van der Waals surface area contributed by atoms with E-state index in [1.807, 2.05) is 25.1 Å². The maximum Gasteiger partial charge on any atom is 0.152 e. The minimum absolute atomic E-state index is 0.231. The first-order chi connectivity index (χ1) is 9.03. The normalized spacial score (nSPS) is 15.3. The van der Waals surface area contributed by atoms with Gasteiger partial charge in [0.1, 0.15) is 0 Å². The van der Waals surface area contributed by atoms with E-state index >= 15 is 0 Å². The lowest BCUT2D eigenvalue weighted by Crippen LogP contribution is -2.34. The lowest BCUT2D eigenvalue weighted by Gasteiger charge is -2.31. The van der Waals surface area contributed by atoms with Crippen molar-refractivity contribution in [3.05, 3.63) is 23.8 Å². The summed E-state index contributed by atoms with van der Waals surface area (Å²) < 4.78 is 23.6. The van der Waals surface area contributed by atoms with Crippen molar-refractivity contribution in [1.82, 2.24) is 0 Å². The number of rotatable bonds is 5. The van der Waals surface area contributed by atoms with Crippen LogP contribution in [0.1, 0.15) is 25.3 Å². The average molecular weight is 282 g/mol. The van der Waals surface area contributed by atoms with Crippen molar-refractivity contribution in [3.63, 3.8) is 0 Å². The standard InChI is InChI=1S/C14H22N2O2S/c1-2-10-19(17,18)11-9-16-8-4-5-12-13(15)6-3-7-14(12)16/h3,6-7H,2,4-5,8-11,15H2,1H3. The van der Waals surface area contributed by atoms with Gasteiger partial charge in [0, 0.05) is 30.2 Å². The van der Waals surface area contributed by atoms with E-state index in [1.165, 1.54) is 5.56 Å². The Balaban J connectivity index is 2.10. The first kappa shape index (κ1) is 14.2. The number of hydrogen-bond donors (Lipinski definition) is 1. The van der Waals surface area contributed by atoms with Crippen LogP contribution < -0.4 is 10.6 Å². The molecule has 0 saturated carbocycles. The van der Waals surface area contributed by atoms with E-state index < -0.39 is 9.84 Å². The second-order valence-electron chi connectivity index (χ2n) is 5.09. The summed E-state index contributed by atoms with van der Waals surface area (Å²) in [6.07, 6.45) is 2.71. The summed E-state index contributed by atoms with van der Waals surface area (Å²) in [6.45, 7) is 3.38. The minimum atomic E-state index is -2.92. The van der Waals surface area contributed by atoms with Crippen LogP contribution in [0.2, 0.25) is 0 Å². The number of hydrogen-bond acceptors (Lipinski definition) is 4. The van der Waals surface area contributed by atoms with Crippen LogP contribution in [0.4, 0.5) is 11.4 Å². The molecule has 0 spiro atoms. The molecule has 0 radical (unpaired) electrons. The average Bonchev–Trinajstić information content (AvgIpc) is 2.37. The summed E-state index contributed by atoms with van der Waals surface area (Å²) in [5.74, 6) is 0.514.